The number of rotatable bonds is 4. The minimum Gasteiger partial charge on any atom is -0.406 e. The molecule has 2 aromatic rings. The first-order valence-electron chi connectivity index (χ1n) is 6.13. The predicted octanol–water partition coefficient (Wildman–Crippen LogP) is 4.18. The Balaban J connectivity index is 0.00000220. The second-order valence-corrected chi connectivity index (χ2v) is 4.31. The Kier molecular flexibility index (Phi) is 6.05. The molecule has 0 aromatic heterocycles. The van der Waals surface area contributed by atoms with Crippen LogP contribution in [0.4, 0.5) is 13.2 Å². The number of alkyl halides is 3. The quantitative estimate of drug-likeness (QED) is 0.918. The number of hydrogen-bond acceptors (Lipinski definition) is 2. The molecule has 0 atom stereocenters. The Bertz CT molecular complexity index is 553. The molecule has 2 nitrogen and oxygen atoms in total. The van der Waals surface area contributed by atoms with E-state index in [9.17, 15) is 13.2 Å². The van der Waals surface area contributed by atoms with Crippen molar-refractivity contribution in [1.82, 2.24) is 0 Å². The van der Waals surface area contributed by atoms with E-state index < -0.39 is 6.36 Å². The highest BCUT2D eigenvalue weighted by Crippen LogP contribution is 2.26. The number of benzene rings is 2. The first-order chi connectivity index (χ1) is 9.48. The Morgan fingerprint density at radius 3 is 1.76 bits per heavy atom. The van der Waals surface area contributed by atoms with Gasteiger partial charge in [0.25, 0.3) is 0 Å². The summed E-state index contributed by atoms with van der Waals surface area (Å²) in [4.78, 5) is 0. The molecule has 2 N–H and O–H groups in total. The second-order valence-electron chi connectivity index (χ2n) is 4.31. The van der Waals surface area contributed by atoms with E-state index in [0.29, 0.717) is 6.54 Å². The zero-order valence-electron chi connectivity index (χ0n) is 11.1. The summed E-state index contributed by atoms with van der Waals surface area (Å²) in [6.07, 6.45) is -3.86. The fraction of sp³-hybridized carbons (Fsp3) is 0.200. The standard InChI is InChI=1S/C15H14F3NO.ClH/c16-15(17,18)20-14-7-5-13(6-8-14)12-3-1-11(2-4-12)9-10-19;/h1-8H,9-10,19H2;1H. The Morgan fingerprint density at radius 2 is 1.33 bits per heavy atom. The maximum absolute atomic E-state index is 12.0. The zero-order chi connectivity index (χ0) is 14.6. The molecule has 0 spiro atoms. The summed E-state index contributed by atoms with van der Waals surface area (Å²) in [5.74, 6) is -0.221. The third kappa shape index (κ3) is 5.28. The molecular weight excluding hydrogens is 303 g/mol. The highest BCUT2D eigenvalue weighted by atomic mass is 35.5. The number of nitrogens with two attached hydrogens (primary N) is 1. The van der Waals surface area contributed by atoms with Crippen molar-refractivity contribution in [2.24, 2.45) is 5.73 Å². The van der Waals surface area contributed by atoms with Crippen LogP contribution in [-0.2, 0) is 6.42 Å². The van der Waals surface area contributed by atoms with Crippen molar-refractivity contribution in [2.75, 3.05) is 6.54 Å². The van der Waals surface area contributed by atoms with Crippen LogP contribution in [0.5, 0.6) is 5.75 Å². The van der Waals surface area contributed by atoms with Crippen molar-refractivity contribution in [1.29, 1.82) is 0 Å². The van der Waals surface area contributed by atoms with Gasteiger partial charge in [0.2, 0.25) is 0 Å². The van der Waals surface area contributed by atoms with Crippen LogP contribution in [0.1, 0.15) is 5.56 Å². The molecule has 0 radical (unpaired) electrons. The van der Waals surface area contributed by atoms with Gasteiger partial charge in [0.1, 0.15) is 5.75 Å². The summed E-state index contributed by atoms with van der Waals surface area (Å²) in [5.41, 5.74) is 8.37. The lowest BCUT2D eigenvalue weighted by Crippen LogP contribution is -2.16. The molecule has 2 aromatic carbocycles. The monoisotopic (exact) mass is 317 g/mol. The van der Waals surface area contributed by atoms with Gasteiger partial charge in [-0.15, -0.1) is 25.6 Å². The second kappa shape index (κ2) is 7.33. The van der Waals surface area contributed by atoms with Gasteiger partial charge < -0.3 is 10.5 Å². The third-order valence-corrected chi connectivity index (χ3v) is 2.81. The summed E-state index contributed by atoms with van der Waals surface area (Å²) >= 11 is 0. The minimum atomic E-state index is -4.66. The molecule has 0 aliphatic heterocycles. The molecule has 21 heavy (non-hydrogen) atoms. The number of halogens is 4. The lowest BCUT2D eigenvalue weighted by molar-refractivity contribution is -0.274. The molecule has 0 aliphatic carbocycles. The third-order valence-electron chi connectivity index (χ3n) is 2.81. The Labute approximate surface area is 127 Å². The lowest BCUT2D eigenvalue weighted by atomic mass is 10.0. The van der Waals surface area contributed by atoms with Crippen molar-refractivity contribution in [2.45, 2.75) is 12.8 Å². The Hall–Kier alpha value is -1.72. The predicted molar refractivity (Wildman–Crippen MR) is 78.6 cm³/mol. The maximum Gasteiger partial charge on any atom is 0.573 e. The molecule has 0 saturated heterocycles. The minimum absolute atomic E-state index is 0. The van der Waals surface area contributed by atoms with Gasteiger partial charge >= 0.3 is 6.36 Å². The fourth-order valence-electron chi connectivity index (χ4n) is 1.88. The van der Waals surface area contributed by atoms with E-state index in [4.69, 9.17) is 5.73 Å². The smallest absolute Gasteiger partial charge is 0.406 e. The van der Waals surface area contributed by atoms with Crippen LogP contribution in [0.25, 0.3) is 11.1 Å². The van der Waals surface area contributed by atoms with E-state index in [0.717, 1.165) is 23.1 Å². The lowest BCUT2D eigenvalue weighted by Gasteiger charge is -2.09. The topological polar surface area (TPSA) is 35.2 Å². The van der Waals surface area contributed by atoms with E-state index in [1.807, 2.05) is 24.3 Å². The molecule has 2 rings (SSSR count). The van der Waals surface area contributed by atoms with E-state index in [1.165, 1.54) is 12.1 Å². The van der Waals surface area contributed by atoms with Gasteiger partial charge in [-0.25, -0.2) is 0 Å². The summed E-state index contributed by atoms with van der Waals surface area (Å²) < 4.78 is 40.0. The van der Waals surface area contributed by atoms with Gasteiger partial charge in [0, 0.05) is 0 Å². The molecule has 0 bridgehead atoms. The van der Waals surface area contributed by atoms with E-state index in [-0.39, 0.29) is 18.2 Å². The van der Waals surface area contributed by atoms with Gasteiger partial charge in [-0.05, 0) is 41.8 Å². The molecule has 0 amide bonds. The SMILES string of the molecule is Cl.NCCc1ccc(-c2ccc(OC(F)(F)F)cc2)cc1. The fourth-order valence-corrected chi connectivity index (χ4v) is 1.88. The molecule has 0 fully saturated rings. The molecule has 0 unspecified atom stereocenters. The van der Waals surface area contributed by atoms with Crippen molar-refractivity contribution < 1.29 is 17.9 Å². The van der Waals surface area contributed by atoms with Crippen LogP contribution in [0.2, 0.25) is 0 Å². The summed E-state index contributed by atoms with van der Waals surface area (Å²) in [6, 6.07) is 13.6. The van der Waals surface area contributed by atoms with Crippen LogP contribution in [0.3, 0.4) is 0 Å². The highest BCUT2D eigenvalue weighted by molar-refractivity contribution is 5.85. The summed E-state index contributed by atoms with van der Waals surface area (Å²) in [5, 5.41) is 0. The Morgan fingerprint density at radius 1 is 0.857 bits per heavy atom. The summed E-state index contributed by atoms with van der Waals surface area (Å²) in [7, 11) is 0. The van der Waals surface area contributed by atoms with Gasteiger partial charge in [-0.2, -0.15) is 0 Å². The van der Waals surface area contributed by atoms with Crippen molar-refractivity contribution >= 4 is 12.4 Å². The molecule has 114 valence electrons. The first-order valence-corrected chi connectivity index (χ1v) is 6.13. The van der Waals surface area contributed by atoms with Crippen LogP contribution in [0.15, 0.2) is 48.5 Å². The van der Waals surface area contributed by atoms with Crippen molar-refractivity contribution in [3.8, 4) is 16.9 Å². The normalized spacial score (nSPS) is 10.9. The van der Waals surface area contributed by atoms with Gasteiger partial charge in [0.15, 0.2) is 0 Å². The van der Waals surface area contributed by atoms with Crippen molar-refractivity contribution in [3.63, 3.8) is 0 Å². The molecular formula is C15H15ClF3NO. The van der Waals surface area contributed by atoms with Gasteiger partial charge in [-0.3, -0.25) is 0 Å². The van der Waals surface area contributed by atoms with E-state index >= 15 is 0 Å². The van der Waals surface area contributed by atoms with E-state index in [1.54, 1.807) is 12.1 Å². The van der Waals surface area contributed by atoms with Gasteiger partial charge in [0.05, 0.1) is 0 Å². The largest absolute Gasteiger partial charge is 0.573 e. The average Bonchev–Trinajstić information content (AvgIpc) is 2.39. The molecule has 0 aliphatic rings. The average molecular weight is 318 g/mol. The van der Waals surface area contributed by atoms with E-state index in [2.05, 4.69) is 4.74 Å². The van der Waals surface area contributed by atoms with Crippen LogP contribution >= 0.6 is 12.4 Å². The van der Waals surface area contributed by atoms with Crippen LogP contribution < -0.4 is 10.5 Å². The zero-order valence-corrected chi connectivity index (χ0v) is 11.9. The van der Waals surface area contributed by atoms with Crippen molar-refractivity contribution in [3.05, 3.63) is 54.1 Å². The first kappa shape index (κ1) is 17.3. The number of ether oxygens (including phenoxy) is 1. The summed E-state index contributed by atoms with van der Waals surface area (Å²) in [6.45, 7) is 0.586. The maximum atomic E-state index is 12.0. The molecule has 0 heterocycles. The molecule has 0 saturated carbocycles. The molecule has 6 heteroatoms. The van der Waals surface area contributed by atoms with Crippen LogP contribution in [-0.4, -0.2) is 12.9 Å². The van der Waals surface area contributed by atoms with Crippen LogP contribution in [0, 0.1) is 0 Å². The van der Waals surface area contributed by atoms with Gasteiger partial charge in [-0.1, -0.05) is 36.4 Å². The number of hydrogen-bond donors (Lipinski definition) is 1. The highest BCUT2D eigenvalue weighted by Gasteiger charge is 2.30.